The van der Waals surface area contributed by atoms with E-state index in [4.69, 9.17) is 9.97 Å². The molecule has 0 N–H and O–H groups in total. The van der Waals surface area contributed by atoms with Crippen molar-refractivity contribution in [2.45, 2.75) is 0 Å². The number of rotatable bonds is 6. The minimum atomic E-state index is 0.877. The van der Waals surface area contributed by atoms with Crippen molar-refractivity contribution in [2.24, 2.45) is 0 Å². The summed E-state index contributed by atoms with van der Waals surface area (Å²) >= 11 is 0. The van der Waals surface area contributed by atoms with Gasteiger partial charge in [-0.3, -0.25) is 0 Å². The molecule has 0 atom stereocenters. The summed E-state index contributed by atoms with van der Waals surface area (Å²) in [6.45, 7) is 0. The van der Waals surface area contributed by atoms with E-state index < -0.39 is 0 Å². The number of hydrogen-bond acceptors (Lipinski definition) is 4. The third-order valence-electron chi connectivity index (χ3n) is 6.91. The topological polar surface area (TPSA) is 32.3 Å². The molecule has 0 spiro atoms. The van der Waals surface area contributed by atoms with E-state index >= 15 is 0 Å². The number of fused-ring (bicyclic) bond motifs is 1. The van der Waals surface area contributed by atoms with Gasteiger partial charge in [-0.25, -0.2) is 9.97 Å². The van der Waals surface area contributed by atoms with Crippen molar-refractivity contribution in [1.29, 1.82) is 0 Å². The Bertz CT molecular complexity index is 1540. The van der Waals surface area contributed by atoms with Crippen LogP contribution in [-0.2, 0) is 0 Å². The summed E-state index contributed by atoms with van der Waals surface area (Å²) in [5.74, 6) is 0. The Balaban J connectivity index is 1.38. The van der Waals surface area contributed by atoms with Crippen molar-refractivity contribution >= 4 is 33.8 Å². The van der Waals surface area contributed by atoms with E-state index in [1.165, 1.54) is 0 Å². The third-order valence-corrected chi connectivity index (χ3v) is 6.91. The molecule has 0 saturated heterocycles. The average Bonchev–Trinajstić information content (AvgIpc) is 3.01. The molecule has 0 saturated carbocycles. The Labute approximate surface area is 223 Å². The first kappa shape index (κ1) is 23.4. The van der Waals surface area contributed by atoms with Crippen molar-refractivity contribution < 1.29 is 0 Å². The van der Waals surface area contributed by atoms with Gasteiger partial charge in [0.1, 0.15) is 0 Å². The van der Waals surface area contributed by atoms with Crippen molar-refractivity contribution in [3.05, 3.63) is 133 Å². The molecule has 0 aliphatic rings. The Morgan fingerprint density at radius 2 is 0.684 bits per heavy atom. The van der Waals surface area contributed by atoms with Crippen LogP contribution in [0.3, 0.4) is 0 Å². The van der Waals surface area contributed by atoms with E-state index in [0.717, 1.165) is 56.3 Å². The Kier molecular flexibility index (Phi) is 6.29. The van der Waals surface area contributed by atoms with Crippen molar-refractivity contribution in [3.63, 3.8) is 0 Å². The zero-order valence-corrected chi connectivity index (χ0v) is 21.5. The fourth-order valence-corrected chi connectivity index (χ4v) is 4.69. The predicted octanol–water partition coefficient (Wildman–Crippen LogP) is 8.50. The lowest BCUT2D eigenvalue weighted by atomic mass is 10.0. The number of nitrogens with zero attached hydrogens (tertiary/aromatic N) is 4. The summed E-state index contributed by atoms with van der Waals surface area (Å²) in [5.41, 5.74) is 10.1. The van der Waals surface area contributed by atoms with Crippen LogP contribution in [0.1, 0.15) is 0 Å². The second kappa shape index (κ2) is 10.2. The van der Waals surface area contributed by atoms with Crippen LogP contribution < -0.4 is 9.80 Å². The molecule has 0 aliphatic carbocycles. The van der Waals surface area contributed by atoms with Gasteiger partial charge >= 0.3 is 0 Å². The molecule has 0 aliphatic heterocycles. The fourth-order valence-electron chi connectivity index (χ4n) is 4.69. The van der Waals surface area contributed by atoms with Gasteiger partial charge in [-0.05, 0) is 60.7 Å². The first-order chi connectivity index (χ1) is 18.7. The van der Waals surface area contributed by atoms with Gasteiger partial charge in [0.05, 0.1) is 22.4 Å². The molecule has 38 heavy (non-hydrogen) atoms. The van der Waals surface area contributed by atoms with Crippen molar-refractivity contribution in [2.75, 3.05) is 23.9 Å². The lowest BCUT2D eigenvalue weighted by Gasteiger charge is -2.20. The van der Waals surface area contributed by atoms with Gasteiger partial charge in [0.2, 0.25) is 0 Å². The smallest absolute Gasteiger partial charge is 0.0973 e. The molecular weight excluding hydrogens is 464 g/mol. The first-order valence-electron chi connectivity index (χ1n) is 12.7. The Morgan fingerprint density at radius 3 is 1.05 bits per heavy atom. The van der Waals surface area contributed by atoms with Gasteiger partial charge < -0.3 is 9.80 Å². The molecule has 0 radical (unpaired) electrons. The molecule has 0 bridgehead atoms. The third kappa shape index (κ3) is 4.60. The van der Waals surface area contributed by atoms with E-state index in [9.17, 15) is 0 Å². The van der Waals surface area contributed by atoms with Crippen LogP contribution in [0, 0.1) is 0 Å². The van der Waals surface area contributed by atoms with E-state index in [1.807, 2.05) is 36.4 Å². The van der Waals surface area contributed by atoms with Crippen LogP contribution in [-0.4, -0.2) is 24.1 Å². The maximum Gasteiger partial charge on any atom is 0.0973 e. The molecule has 0 amide bonds. The van der Waals surface area contributed by atoms with Crippen LogP contribution in [0.15, 0.2) is 133 Å². The zero-order chi connectivity index (χ0) is 25.9. The number of anilines is 4. The Hall–Kier alpha value is -4.96. The van der Waals surface area contributed by atoms with E-state index in [1.54, 1.807) is 0 Å². The maximum atomic E-state index is 5.07. The van der Waals surface area contributed by atoms with E-state index in [0.29, 0.717) is 0 Å². The molecule has 4 nitrogen and oxygen atoms in total. The van der Waals surface area contributed by atoms with Crippen LogP contribution >= 0.6 is 0 Å². The summed E-state index contributed by atoms with van der Waals surface area (Å²) in [5, 5.41) is 0. The van der Waals surface area contributed by atoms with E-state index in [-0.39, 0.29) is 0 Å². The molecule has 0 unspecified atom stereocenters. The molecule has 6 aromatic rings. The summed E-state index contributed by atoms with van der Waals surface area (Å²) in [6, 6.07) is 45.9. The molecule has 184 valence electrons. The second-order valence-corrected chi connectivity index (χ2v) is 9.29. The highest BCUT2D eigenvalue weighted by atomic mass is 15.1. The van der Waals surface area contributed by atoms with Crippen molar-refractivity contribution in [1.82, 2.24) is 9.97 Å². The monoisotopic (exact) mass is 492 g/mol. The molecule has 0 fully saturated rings. The molecular formula is C34H28N4. The highest BCUT2D eigenvalue weighted by Crippen LogP contribution is 2.34. The van der Waals surface area contributed by atoms with Gasteiger partial charge in [0, 0.05) is 48.0 Å². The van der Waals surface area contributed by atoms with Gasteiger partial charge in [0.15, 0.2) is 0 Å². The first-order valence-corrected chi connectivity index (χ1v) is 12.7. The minimum Gasteiger partial charge on any atom is -0.345 e. The van der Waals surface area contributed by atoms with Gasteiger partial charge in [-0.15, -0.1) is 0 Å². The molecule has 4 heteroatoms. The molecule has 6 rings (SSSR count). The summed E-state index contributed by atoms with van der Waals surface area (Å²) in [7, 11) is 4.17. The molecule has 5 aromatic carbocycles. The highest BCUT2D eigenvalue weighted by Gasteiger charge is 2.15. The number of para-hydroxylation sites is 4. The molecule has 1 aromatic heterocycles. The second-order valence-electron chi connectivity index (χ2n) is 9.29. The lowest BCUT2D eigenvalue weighted by Crippen LogP contribution is -2.09. The van der Waals surface area contributed by atoms with Crippen LogP contribution in [0.4, 0.5) is 22.7 Å². The number of aromatic nitrogens is 2. The zero-order valence-electron chi connectivity index (χ0n) is 21.5. The van der Waals surface area contributed by atoms with E-state index in [2.05, 4.69) is 121 Å². The van der Waals surface area contributed by atoms with Crippen molar-refractivity contribution in [3.8, 4) is 22.5 Å². The van der Waals surface area contributed by atoms with Gasteiger partial charge in [-0.1, -0.05) is 72.8 Å². The number of hydrogen-bond donors (Lipinski definition) is 0. The average molecular weight is 493 g/mol. The summed E-state index contributed by atoms with van der Waals surface area (Å²) < 4.78 is 0. The van der Waals surface area contributed by atoms with Crippen LogP contribution in [0.2, 0.25) is 0 Å². The minimum absolute atomic E-state index is 0.877. The molecule has 1 heterocycles. The van der Waals surface area contributed by atoms with Crippen LogP contribution in [0.25, 0.3) is 33.5 Å². The lowest BCUT2D eigenvalue weighted by molar-refractivity contribution is 1.20. The highest BCUT2D eigenvalue weighted by molar-refractivity contribution is 5.87. The quantitative estimate of drug-likeness (QED) is 0.233. The Morgan fingerprint density at radius 1 is 0.368 bits per heavy atom. The SMILES string of the molecule is CN(c1ccccc1)c1ccc(-c2nc3ccccc3nc2-c2ccc(N(C)c3ccccc3)cc2)cc1. The predicted molar refractivity (Wildman–Crippen MR) is 159 cm³/mol. The summed E-state index contributed by atoms with van der Waals surface area (Å²) in [4.78, 5) is 14.5. The van der Waals surface area contributed by atoms with Gasteiger partial charge in [0.25, 0.3) is 0 Å². The van der Waals surface area contributed by atoms with Crippen LogP contribution in [0.5, 0.6) is 0 Å². The fraction of sp³-hybridized carbons (Fsp3) is 0.0588. The van der Waals surface area contributed by atoms with Gasteiger partial charge in [-0.2, -0.15) is 0 Å². The number of benzene rings is 5. The normalized spacial score (nSPS) is 10.9. The largest absolute Gasteiger partial charge is 0.345 e. The summed E-state index contributed by atoms with van der Waals surface area (Å²) in [6.07, 6.45) is 0. The standard InChI is InChI=1S/C34H28N4/c1-37(27-11-5-3-6-12-27)29-21-17-25(18-22-29)33-34(36-32-16-10-9-15-31(32)35-33)26-19-23-30(24-20-26)38(2)28-13-7-4-8-14-28/h3-24H,1-2H3. The maximum absolute atomic E-state index is 5.07.